The molecule has 1 aromatic heterocycles. The smallest absolute Gasteiger partial charge is 0.282 e. The lowest BCUT2D eigenvalue weighted by atomic mass is 9.92. The number of hydrogen-bond donors (Lipinski definition) is 1. The molecule has 0 spiro atoms. The fourth-order valence-electron chi connectivity index (χ4n) is 4.89. The number of carbonyl (C=O) groups excluding carboxylic acids is 2. The molecular weight excluding hydrogens is 516 g/mol. The van der Waals surface area contributed by atoms with Crippen molar-refractivity contribution in [3.8, 4) is 11.8 Å². The average molecular weight is 538 g/mol. The van der Waals surface area contributed by atoms with Crippen LogP contribution in [0.3, 0.4) is 0 Å². The van der Waals surface area contributed by atoms with Crippen LogP contribution in [0.5, 0.6) is 0 Å². The SMILES string of the molecule is N#CC1(NC(=O)[C@@H]2C[C@@H](S(=O)(=O)c3ccc(-n4cccn4)cc3Cl)C[C@H]2C(=O)N2CC(F)(F)C2)CC1. The zero-order valence-corrected chi connectivity index (χ0v) is 20.5. The van der Waals surface area contributed by atoms with Crippen LogP contribution in [0.25, 0.3) is 5.69 Å². The minimum atomic E-state index is -4.08. The Morgan fingerprint density at radius 2 is 1.89 bits per heavy atom. The monoisotopic (exact) mass is 537 g/mol. The van der Waals surface area contributed by atoms with Gasteiger partial charge < -0.3 is 10.2 Å². The number of nitriles is 1. The number of nitrogens with one attached hydrogen (secondary N) is 1. The standard InChI is InChI=1S/C23H22ClF2N5O4S/c24-18-8-14(31-7-1-6-28-31)2-3-19(18)36(34,35)15-9-16(20(32)29-22(11-27)4-5-22)17(10-15)21(33)30-12-23(25,26)13-30/h1-3,6-8,15-17H,4-5,9-10,12-13H2,(H,29,32)/t15-,16-,17-/m1/s1. The molecule has 1 aliphatic heterocycles. The fraction of sp³-hybridized carbons (Fsp3) is 0.478. The van der Waals surface area contributed by atoms with E-state index in [4.69, 9.17) is 11.6 Å². The first-order chi connectivity index (χ1) is 16.9. The first-order valence-electron chi connectivity index (χ1n) is 11.4. The predicted molar refractivity (Wildman–Crippen MR) is 123 cm³/mol. The van der Waals surface area contributed by atoms with Crippen molar-refractivity contribution >= 4 is 33.3 Å². The molecule has 2 aromatic rings. The summed E-state index contributed by atoms with van der Waals surface area (Å²) < 4.78 is 55.5. The van der Waals surface area contributed by atoms with E-state index in [-0.39, 0.29) is 22.8 Å². The molecule has 2 aliphatic carbocycles. The Kier molecular flexibility index (Phi) is 5.83. The lowest BCUT2D eigenvalue weighted by Crippen LogP contribution is -2.60. The van der Waals surface area contributed by atoms with E-state index in [9.17, 15) is 32.0 Å². The molecular formula is C23H22ClF2N5O4S. The van der Waals surface area contributed by atoms with Crippen LogP contribution in [0.2, 0.25) is 5.02 Å². The molecule has 2 saturated carbocycles. The third kappa shape index (κ3) is 4.35. The molecule has 2 heterocycles. The highest BCUT2D eigenvalue weighted by Gasteiger charge is 2.55. The topological polar surface area (TPSA) is 125 Å². The molecule has 0 bridgehead atoms. The van der Waals surface area contributed by atoms with Gasteiger partial charge in [-0.25, -0.2) is 21.9 Å². The van der Waals surface area contributed by atoms with Crippen LogP contribution in [0.15, 0.2) is 41.6 Å². The van der Waals surface area contributed by atoms with Crippen molar-refractivity contribution in [3.63, 3.8) is 0 Å². The average Bonchev–Trinajstić information content (AvgIpc) is 3.21. The summed E-state index contributed by atoms with van der Waals surface area (Å²) in [6, 6.07) is 8.07. The molecule has 5 rings (SSSR count). The summed E-state index contributed by atoms with van der Waals surface area (Å²) in [6.45, 7) is -1.53. The van der Waals surface area contributed by atoms with Gasteiger partial charge in [0, 0.05) is 12.4 Å². The number of benzene rings is 1. The molecule has 2 amide bonds. The van der Waals surface area contributed by atoms with Crippen molar-refractivity contribution in [3.05, 3.63) is 41.7 Å². The molecule has 0 unspecified atom stereocenters. The first kappa shape index (κ1) is 24.6. The molecule has 3 aliphatic rings. The molecule has 1 saturated heterocycles. The van der Waals surface area contributed by atoms with Gasteiger partial charge in [-0.05, 0) is 49.9 Å². The van der Waals surface area contributed by atoms with Crippen LogP contribution in [0, 0.1) is 23.2 Å². The number of hydrogen-bond acceptors (Lipinski definition) is 6. The van der Waals surface area contributed by atoms with E-state index in [1.807, 2.05) is 6.07 Å². The minimum Gasteiger partial charge on any atom is -0.338 e. The summed E-state index contributed by atoms with van der Waals surface area (Å²) in [5.74, 6) is -6.46. The van der Waals surface area contributed by atoms with E-state index in [2.05, 4.69) is 10.4 Å². The van der Waals surface area contributed by atoms with Crippen molar-refractivity contribution in [2.24, 2.45) is 11.8 Å². The number of aromatic nitrogens is 2. The second-order valence-electron chi connectivity index (χ2n) is 9.65. The third-order valence-electron chi connectivity index (χ3n) is 7.09. The van der Waals surface area contributed by atoms with Crippen LogP contribution in [0.1, 0.15) is 25.7 Å². The first-order valence-corrected chi connectivity index (χ1v) is 13.3. The Morgan fingerprint density at radius 3 is 2.44 bits per heavy atom. The second-order valence-corrected chi connectivity index (χ2v) is 12.3. The largest absolute Gasteiger partial charge is 0.338 e. The Labute approximate surface area is 210 Å². The zero-order valence-electron chi connectivity index (χ0n) is 18.9. The van der Waals surface area contributed by atoms with Crippen molar-refractivity contribution in [1.29, 1.82) is 5.26 Å². The normalized spacial score (nSPS) is 26.1. The van der Waals surface area contributed by atoms with Gasteiger partial charge in [-0.1, -0.05) is 11.6 Å². The van der Waals surface area contributed by atoms with Gasteiger partial charge in [0.1, 0.15) is 5.54 Å². The highest BCUT2D eigenvalue weighted by atomic mass is 35.5. The van der Waals surface area contributed by atoms with E-state index >= 15 is 0 Å². The fourth-order valence-corrected chi connectivity index (χ4v) is 7.26. The van der Waals surface area contributed by atoms with Crippen LogP contribution >= 0.6 is 11.6 Å². The van der Waals surface area contributed by atoms with E-state index in [0.717, 1.165) is 4.90 Å². The molecule has 1 aromatic carbocycles. The van der Waals surface area contributed by atoms with Crippen LogP contribution in [-0.2, 0) is 19.4 Å². The Balaban J connectivity index is 1.41. The van der Waals surface area contributed by atoms with Crippen LogP contribution < -0.4 is 5.32 Å². The van der Waals surface area contributed by atoms with Crippen molar-refractivity contribution < 1.29 is 26.8 Å². The maximum absolute atomic E-state index is 13.6. The summed E-state index contributed by atoms with van der Waals surface area (Å²) in [5, 5.41) is 14.9. The predicted octanol–water partition coefficient (Wildman–Crippen LogP) is 2.34. The second kappa shape index (κ2) is 8.52. The quantitative estimate of drug-likeness (QED) is 0.603. The summed E-state index contributed by atoms with van der Waals surface area (Å²) in [6.07, 6.45) is 3.75. The lowest BCUT2D eigenvalue weighted by Gasteiger charge is -2.40. The third-order valence-corrected chi connectivity index (χ3v) is 9.74. The molecule has 0 radical (unpaired) electrons. The number of nitrogens with zero attached hydrogens (tertiary/aromatic N) is 4. The van der Waals surface area contributed by atoms with Gasteiger partial charge in [-0.3, -0.25) is 9.59 Å². The number of halogens is 3. The molecule has 36 heavy (non-hydrogen) atoms. The number of alkyl halides is 2. The van der Waals surface area contributed by atoms with Gasteiger partial charge >= 0.3 is 0 Å². The number of amides is 2. The van der Waals surface area contributed by atoms with Gasteiger partial charge in [0.05, 0.1) is 51.8 Å². The Hall–Kier alpha value is -3.04. The highest BCUT2D eigenvalue weighted by Crippen LogP contribution is 2.43. The van der Waals surface area contributed by atoms with Gasteiger partial charge in [0.25, 0.3) is 5.92 Å². The summed E-state index contributed by atoms with van der Waals surface area (Å²) in [4.78, 5) is 26.9. The lowest BCUT2D eigenvalue weighted by molar-refractivity contribution is -0.171. The van der Waals surface area contributed by atoms with E-state index < -0.39 is 63.3 Å². The summed E-state index contributed by atoms with van der Waals surface area (Å²) >= 11 is 6.34. The molecule has 1 N–H and O–H groups in total. The number of carbonyl (C=O) groups is 2. The minimum absolute atomic E-state index is 0.0393. The molecule has 3 atom stereocenters. The number of rotatable bonds is 6. The van der Waals surface area contributed by atoms with Crippen LogP contribution in [0.4, 0.5) is 8.78 Å². The molecule has 3 fully saturated rings. The molecule has 9 nitrogen and oxygen atoms in total. The Bertz CT molecular complexity index is 1360. The van der Waals surface area contributed by atoms with Crippen molar-refractivity contribution in [1.82, 2.24) is 20.0 Å². The van der Waals surface area contributed by atoms with E-state index in [0.29, 0.717) is 18.5 Å². The summed E-state index contributed by atoms with van der Waals surface area (Å²) in [5.41, 5.74) is -0.470. The van der Waals surface area contributed by atoms with Crippen molar-refractivity contribution in [2.75, 3.05) is 13.1 Å². The Morgan fingerprint density at radius 1 is 1.19 bits per heavy atom. The van der Waals surface area contributed by atoms with Gasteiger partial charge in [0.15, 0.2) is 9.84 Å². The van der Waals surface area contributed by atoms with Crippen LogP contribution in [-0.4, -0.2) is 64.7 Å². The maximum atomic E-state index is 13.6. The number of likely N-dealkylation sites (tertiary alicyclic amines) is 1. The molecule has 190 valence electrons. The summed E-state index contributed by atoms with van der Waals surface area (Å²) in [7, 11) is -4.08. The van der Waals surface area contributed by atoms with E-state index in [1.165, 1.54) is 16.8 Å². The highest BCUT2D eigenvalue weighted by molar-refractivity contribution is 7.92. The number of sulfone groups is 1. The van der Waals surface area contributed by atoms with Gasteiger partial charge in [-0.2, -0.15) is 10.4 Å². The van der Waals surface area contributed by atoms with E-state index in [1.54, 1.807) is 24.5 Å². The molecule has 13 heteroatoms. The van der Waals surface area contributed by atoms with Crippen molar-refractivity contribution in [2.45, 2.75) is 47.3 Å². The zero-order chi connectivity index (χ0) is 25.9. The maximum Gasteiger partial charge on any atom is 0.282 e. The van der Waals surface area contributed by atoms with Gasteiger partial charge in [0.2, 0.25) is 11.8 Å². The van der Waals surface area contributed by atoms with Gasteiger partial charge in [-0.15, -0.1) is 0 Å².